The van der Waals surface area contributed by atoms with Crippen LogP contribution >= 0.6 is 0 Å². The minimum absolute atomic E-state index is 0.111. The molecule has 0 aliphatic carbocycles. The van der Waals surface area contributed by atoms with Crippen molar-refractivity contribution in [2.45, 2.75) is 39.5 Å². The molecule has 0 spiro atoms. The van der Waals surface area contributed by atoms with E-state index in [4.69, 9.17) is 10.2 Å². The van der Waals surface area contributed by atoms with Gasteiger partial charge >= 0.3 is 5.97 Å². The van der Waals surface area contributed by atoms with Crippen LogP contribution in [0.2, 0.25) is 0 Å². The molecule has 0 aliphatic rings. The highest BCUT2D eigenvalue weighted by atomic mass is 16.4. The van der Waals surface area contributed by atoms with Crippen molar-refractivity contribution < 1.29 is 15.0 Å². The van der Waals surface area contributed by atoms with Crippen molar-refractivity contribution in [2.24, 2.45) is 5.92 Å². The van der Waals surface area contributed by atoms with Crippen LogP contribution in [0.1, 0.15) is 39.5 Å². The number of aliphatic carboxylic acids is 1. The van der Waals surface area contributed by atoms with Gasteiger partial charge in [0, 0.05) is 0 Å². The van der Waals surface area contributed by atoms with Crippen molar-refractivity contribution in [1.82, 2.24) is 0 Å². The second-order valence-corrected chi connectivity index (χ2v) is 3.92. The zero-order chi connectivity index (χ0) is 13.1. The Hall–Kier alpha value is -1.51. The van der Waals surface area contributed by atoms with Gasteiger partial charge in [-0.05, 0) is 25.0 Å². The molecular weight excluding hydrogens is 216 g/mol. The van der Waals surface area contributed by atoms with Crippen LogP contribution < -0.4 is 0 Å². The minimum Gasteiger partial charge on any atom is -0.508 e. The maximum Gasteiger partial charge on any atom is 0.306 e. The summed E-state index contributed by atoms with van der Waals surface area (Å²) in [5.41, 5.74) is 0. The third kappa shape index (κ3) is 8.31. The fourth-order valence-corrected chi connectivity index (χ4v) is 1.38. The summed E-state index contributed by atoms with van der Waals surface area (Å²) >= 11 is 0. The predicted octanol–water partition coefficient (Wildman–Crippen LogP) is 3.68. The van der Waals surface area contributed by atoms with Crippen LogP contribution in [0.5, 0.6) is 5.75 Å². The molecule has 1 atom stereocenters. The van der Waals surface area contributed by atoms with E-state index in [1.165, 1.54) is 0 Å². The summed E-state index contributed by atoms with van der Waals surface area (Å²) in [6.07, 6.45) is 3.71. The number of carboxylic acid groups (broad SMARTS) is 1. The Labute approximate surface area is 103 Å². The molecule has 0 saturated carbocycles. The van der Waals surface area contributed by atoms with Crippen LogP contribution in [0.25, 0.3) is 0 Å². The molecule has 0 saturated heterocycles. The average molecular weight is 238 g/mol. The summed E-state index contributed by atoms with van der Waals surface area (Å²) in [7, 11) is 0. The number of benzene rings is 1. The van der Waals surface area contributed by atoms with Crippen molar-refractivity contribution in [2.75, 3.05) is 0 Å². The summed E-state index contributed by atoms with van der Waals surface area (Å²) in [6.45, 7) is 4.00. The zero-order valence-corrected chi connectivity index (χ0v) is 10.6. The van der Waals surface area contributed by atoms with Gasteiger partial charge in [-0.2, -0.15) is 0 Å². The largest absolute Gasteiger partial charge is 0.508 e. The van der Waals surface area contributed by atoms with Gasteiger partial charge in [-0.1, -0.05) is 44.9 Å². The molecule has 0 fully saturated rings. The molecule has 0 aromatic heterocycles. The van der Waals surface area contributed by atoms with Gasteiger partial charge in [-0.15, -0.1) is 0 Å². The standard InChI is InChI=1S/C8H16O2.C6H6O/c1-3-5-6-7(4-2)8(9)10;7-6-4-2-1-3-5-6/h7H,3-6H2,1-2H3,(H,9,10);1-5,7H. The molecule has 0 radical (unpaired) electrons. The number of para-hydroxylation sites is 1. The number of hydrogen-bond donors (Lipinski definition) is 2. The molecule has 3 nitrogen and oxygen atoms in total. The Balaban J connectivity index is 0.000000318. The fourth-order valence-electron chi connectivity index (χ4n) is 1.38. The predicted molar refractivity (Wildman–Crippen MR) is 69.0 cm³/mol. The summed E-state index contributed by atoms with van der Waals surface area (Å²) in [5.74, 6) is -0.432. The summed E-state index contributed by atoms with van der Waals surface area (Å²) < 4.78 is 0. The molecule has 96 valence electrons. The molecule has 1 aromatic rings. The van der Waals surface area contributed by atoms with E-state index in [0.717, 1.165) is 25.7 Å². The number of phenolic OH excluding ortho intramolecular Hbond substituents is 1. The fraction of sp³-hybridized carbons (Fsp3) is 0.500. The summed E-state index contributed by atoms with van der Waals surface area (Å²) in [4.78, 5) is 10.4. The van der Waals surface area contributed by atoms with Crippen LogP contribution in [0.3, 0.4) is 0 Å². The third-order valence-electron chi connectivity index (χ3n) is 2.50. The quantitative estimate of drug-likeness (QED) is 0.822. The van der Waals surface area contributed by atoms with Gasteiger partial charge < -0.3 is 10.2 Å². The Bertz CT molecular complexity index is 296. The number of carboxylic acids is 1. The molecule has 1 rings (SSSR count). The van der Waals surface area contributed by atoms with Gasteiger partial charge in [-0.3, -0.25) is 4.79 Å². The average Bonchev–Trinajstić information content (AvgIpc) is 2.31. The lowest BCUT2D eigenvalue weighted by Gasteiger charge is -2.06. The summed E-state index contributed by atoms with van der Waals surface area (Å²) in [6, 6.07) is 8.71. The number of carbonyl (C=O) groups is 1. The Morgan fingerprint density at radius 3 is 2.12 bits per heavy atom. The van der Waals surface area contributed by atoms with Crippen LogP contribution in [-0.4, -0.2) is 16.2 Å². The Kier molecular flexibility index (Phi) is 8.84. The van der Waals surface area contributed by atoms with Crippen LogP contribution in [-0.2, 0) is 4.79 Å². The highest BCUT2D eigenvalue weighted by Gasteiger charge is 2.12. The van der Waals surface area contributed by atoms with Crippen LogP contribution in [0, 0.1) is 5.92 Å². The van der Waals surface area contributed by atoms with Crippen molar-refractivity contribution in [3.05, 3.63) is 30.3 Å². The molecule has 0 aliphatic heterocycles. The first-order valence-corrected chi connectivity index (χ1v) is 6.08. The lowest BCUT2D eigenvalue weighted by Crippen LogP contribution is -2.11. The molecule has 17 heavy (non-hydrogen) atoms. The van der Waals surface area contributed by atoms with E-state index in [0.29, 0.717) is 5.75 Å². The highest BCUT2D eigenvalue weighted by Crippen LogP contribution is 2.11. The van der Waals surface area contributed by atoms with Gasteiger partial charge in [-0.25, -0.2) is 0 Å². The molecule has 1 aromatic carbocycles. The Morgan fingerprint density at radius 1 is 1.24 bits per heavy atom. The molecule has 2 N–H and O–H groups in total. The highest BCUT2D eigenvalue weighted by molar-refractivity contribution is 5.69. The van der Waals surface area contributed by atoms with E-state index in [1.54, 1.807) is 24.3 Å². The smallest absolute Gasteiger partial charge is 0.306 e. The number of hydrogen-bond acceptors (Lipinski definition) is 2. The first kappa shape index (κ1) is 15.5. The molecule has 0 amide bonds. The second-order valence-electron chi connectivity index (χ2n) is 3.92. The summed E-state index contributed by atoms with van der Waals surface area (Å²) in [5, 5.41) is 17.2. The monoisotopic (exact) mass is 238 g/mol. The lowest BCUT2D eigenvalue weighted by atomic mass is 10.00. The van der Waals surface area contributed by atoms with Crippen molar-refractivity contribution in [3.8, 4) is 5.75 Å². The molecule has 3 heteroatoms. The van der Waals surface area contributed by atoms with Crippen LogP contribution in [0.4, 0.5) is 0 Å². The minimum atomic E-state index is -0.643. The van der Waals surface area contributed by atoms with Gasteiger partial charge in [0.05, 0.1) is 5.92 Å². The number of unbranched alkanes of at least 4 members (excludes halogenated alkanes) is 1. The van der Waals surface area contributed by atoms with E-state index in [1.807, 2.05) is 13.0 Å². The first-order chi connectivity index (χ1) is 8.11. The van der Waals surface area contributed by atoms with Crippen molar-refractivity contribution >= 4 is 5.97 Å². The van der Waals surface area contributed by atoms with Gasteiger partial charge in [0.1, 0.15) is 5.75 Å². The van der Waals surface area contributed by atoms with Crippen molar-refractivity contribution in [1.29, 1.82) is 0 Å². The molecule has 0 bridgehead atoms. The number of aromatic hydroxyl groups is 1. The van der Waals surface area contributed by atoms with E-state index in [-0.39, 0.29) is 5.92 Å². The van der Waals surface area contributed by atoms with E-state index in [2.05, 4.69) is 6.92 Å². The normalized spacial score (nSPS) is 11.2. The van der Waals surface area contributed by atoms with Crippen LogP contribution in [0.15, 0.2) is 30.3 Å². The third-order valence-corrected chi connectivity index (χ3v) is 2.50. The number of rotatable bonds is 5. The lowest BCUT2D eigenvalue weighted by molar-refractivity contribution is -0.142. The maximum absolute atomic E-state index is 10.4. The Morgan fingerprint density at radius 2 is 1.82 bits per heavy atom. The van der Waals surface area contributed by atoms with Gasteiger partial charge in [0.15, 0.2) is 0 Å². The van der Waals surface area contributed by atoms with E-state index < -0.39 is 5.97 Å². The molecule has 0 heterocycles. The molecule has 1 unspecified atom stereocenters. The second kappa shape index (κ2) is 9.70. The SMILES string of the molecule is CCCCC(CC)C(=O)O.Oc1ccccc1. The van der Waals surface area contributed by atoms with Crippen molar-refractivity contribution in [3.63, 3.8) is 0 Å². The van der Waals surface area contributed by atoms with Gasteiger partial charge in [0.2, 0.25) is 0 Å². The molecular formula is C14H22O3. The van der Waals surface area contributed by atoms with E-state index in [9.17, 15) is 4.79 Å². The zero-order valence-electron chi connectivity index (χ0n) is 10.6. The topological polar surface area (TPSA) is 57.5 Å². The van der Waals surface area contributed by atoms with Gasteiger partial charge in [0.25, 0.3) is 0 Å². The van der Waals surface area contributed by atoms with E-state index >= 15 is 0 Å². The number of phenols is 1. The first-order valence-electron chi connectivity index (χ1n) is 6.08. The maximum atomic E-state index is 10.4.